The predicted octanol–water partition coefficient (Wildman–Crippen LogP) is 4.01. The number of rotatable bonds is 5. The maximum absolute atomic E-state index is 14.4. The predicted molar refractivity (Wildman–Crippen MR) is 106 cm³/mol. The number of benzene rings is 1. The van der Waals surface area contributed by atoms with Crippen molar-refractivity contribution in [3.63, 3.8) is 0 Å². The Labute approximate surface area is 179 Å². The molecule has 3 aromatic rings. The van der Waals surface area contributed by atoms with Gasteiger partial charge in [-0.2, -0.15) is 18.2 Å². The molecule has 7 nitrogen and oxygen atoms in total. The van der Waals surface area contributed by atoms with E-state index in [2.05, 4.69) is 9.97 Å². The Morgan fingerprint density at radius 1 is 1.12 bits per heavy atom. The molecule has 0 radical (unpaired) electrons. The van der Waals surface area contributed by atoms with Crippen LogP contribution in [-0.2, 0) is 19.3 Å². The number of anilines is 1. The van der Waals surface area contributed by atoms with Gasteiger partial charge in [-0.3, -0.25) is 4.57 Å². The number of halogens is 4. The summed E-state index contributed by atoms with van der Waals surface area (Å²) in [6, 6.07) is 7.50. The fourth-order valence-corrected chi connectivity index (χ4v) is 3.26. The maximum Gasteiger partial charge on any atom is 0.433 e. The van der Waals surface area contributed by atoms with Crippen molar-refractivity contribution in [1.29, 1.82) is 0 Å². The van der Waals surface area contributed by atoms with Crippen molar-refractivity contribution < 1.29 is 27.0 Å². The third-order valence-corrected chi connectivity index (χ3v) is 4.87. The summed E-state index contributed by atoms with van der Waals surface area (Å²) in [5.74, 6) is -0.118. The van der Waals surface area contributed by atoms with Crippen molar-refractivity contribution in [2.75, 3.05) is 18.5 Å². The lowest BCUT2D eigenvalue weighted by Crippen LogP contribution is -2.36. The second kappa shape index (κ2) is 8.48. The zero-order valence-electron chi connectivity index (χ0n) is 16.9. The Hall–Kier alpha value is -3.63. The summed E-state index contributed by atoms with van der Waals surface area (Å²) in [6.45, 7) is 1.36. The number of aromatic nitrogens is 3. The molecule has 1 aliphatic rings. The lowest BCUT2D eigenvalue weighted by atomic mass is 10.2. The van der Waals surface area contributed by atoms with Crippen LogP contribution in [0.2, 0.25) is 0 Å². The fourth-order valence-electron chi connectivity index (χ4n) is 3.26. The van der Waals surface area contributed by atoms with Crippen molar-refractivity contribution >= 4 is 5.82 Å². The van der Waals surface area contributed by atoms with E-state index in [1.165, 1.54) is 18.2 Å². The Morgan fingerprint density at radius 3 is 2.62 bits per heavy atom. The first kappa shape index (κ1) is 21.6. The molecule has 1 aliphatic heterocycles. The monoisotopic (exact) mass is 450 g/mol. The molecule has 0 amide bonds. The summed E-state index contributed by atoms with van der Waals surface area (Å²) in [5, 5.41) is 0. The van der Waals surface area contributed by atoms with Crippen LogP contribution in [-0.4, -0.2) is 28.1 Å². The Kier molecular flexibility index (Phi) is 5.72. The number of fused-ring (bicyclic) bond motifs is 1. The van der Waals surface area contributed by atoms with Crippen LogP contribution in [0.1, 0.15) is 17.7 Å². The minimum absolute atomic E-state index is 0.0382. The number of alkyl halides is 3. The van der Waals surface area contributed by atoms with Crippen LogP contribution in [0.3, 0.4) is 0 Å². The molecule has 1 aromatic carbocycles. The first-order chi connectivity index (χ1) is 15.2. The zero-order valence-corrected chi connectivity index (χ0v) is 16.9. The van der Waals surface area contributed by atoms with E-state index >= 15 is 0 Å². The van der Waals surface area contributed by atoms with Crippen molar-refractivity contribution in [1.82, 2.24) is 14.5 Å². The summed E-state index contributed by atoms with van der Waals surface area (Å²) in [5.41, 5.74) is -1.03. The van der Waals surface area contributed by atoms with E-state index in [1.807, 2.05) is 11.9 Å². The second-order valence-electron chi connectivity index (χ2n) is 7.19. The second-order valence-corrected chi connectivity index (χ2v) is 7.19. The van der Waals surface area contributed by atoms with E-state index in [0.29, 0.717) is 17.9 Å². The van der Waals surface area contributed by atoms with Crippen LogP contribution in [0.25, 0.3) is 0 Å². The van der Waals surface area contributed by atoms with Crippen molar-refractivity contribution in [3.05, 3.63) is 70.2 Å². The quantitative estimate of drug-likeness (QED) is 0.548. The highest BCUT2D eigenvalue weighted by atomic mass is 19.4. The molecule has 0 aliphatic carbocycles. The van der Waals surface area contributed by atoms with Crippen molar-refractivity contribution in [3.8, 4) is 17.4 Å². The largest absolute Gasteiger partial charge is 0.473 e. The lowest BCUT2D eigenvalue weighted by Gasteiger charge is -2.28. The lowest BCUT2D eigenvalue weighted by molar-refractivity contribution is -0.141. The van der Waals surface area contributed by atoms with Gasteiger partial charge in [0.2, 0.25) is 5.88 Å². The minimum Gasteiger partial charge on any atom is -0.473 e. The van der Waals surface area contributed by atoms with Gasteiger partial charge in [-0.1, -0.05) is 6.07 Å². The molecule has 0 atom stereocenters. The summed E-state index contributed by atoms with van der Waals surface area (Å²) in [6.07, 6.45) is -2.85. The van der Waals surface area contributed by atoms with Gasteiger partial charge >= 0.3 is 11.9 Å². The van der Waals surface area contributed by atoms with Gasteiger partial charge in [-0.05, 0) is 36.2 Å². The molecule has 0 bridgehead atoms. The van der Waals surface area contributed by atoms with Crippen LogP contribution in [0.5, 0.6) is 17.4 Å². The van der Waals surface area contributed by atoms with Crippen LogP contribution in [0, 0.1) is 5.82 Å². The van der Waals surface area contributed by atoms with Crippen LogP contribution in [0.15, 0.2) is 47.4 Å². The molecule has 0 saturated carbocycles. The fraction of sp³-hybridized carbons (Fsp3) is 0.286. The van der Waals surface area contributed by atoms with E-state index in [9.17, 15) is 22.4 Å². The SMILES string of the molecule is CN1CCCn2c1cc(OCc1ccc(Oc3ccc(C(F)(F)F)nc3)c(F)c1)nc2=O. The third kappa shape index (κ3) is 4.66. The normalized spacial score (nSPS) is 13.6. The molecule has 168 valence electrons. The summed E-state index contributed by atoms with van der Waals surface area (Å²) >= 11 is 0. The Morgan fingerprint density at radius 2 is 1.94 bits per heavy atom. The molecule has 3 heterocycles. The topological polar surface area (TPSA) is 69.5 Å². The highest BCUT2D eigenvalue weighted by Crippen LogP contribution is 2.30. The molecule has 0 saturated heterocycles. The molecule has 32 heavy (non-hydrogen) atoms. The Bertz CT molecular complexity index is 1180. The maximum atomic E-state index is 14.4. The molecule has 11 heteroatoms. The van der Waals surface area contributed by atoms with Gasteiger partial charge in [0.25, 0.3) is 0 Å². The van der Waals surface area contributed by atoms with E-state index in [4.69, 9.17) is 9.47 Å². The molecular weight excluding hydrogens is 432 g/mol. The number of pyridine rings is 1. The molecule has 0 unspecified atom stereocenters. The van der Waals surface area contributed by atoms with Crippen LogP contribution in [0.4, 0.5) is 23.4 Å². The average Bonchev–Trinajstić information content (AvgIpc) is 2.74. The van der Waals surface area contributed by atoms with Crippen molar-refractivity contribution in [2.24, 2.45) is 0 Å². The van der Waals surface area contributed by atoms with Gasteiger partial charge in [0.1, 0.15) is 23.9 Å². The molecule has 0 N–H and O–H groups in total. The van der Waals surface area contributed by atoms with E-state index in [1.54, 1.807) is 10.6 Å². The summed E-state index contributed by atoms with van der Waals surface area (Å²) < 4.78 is 64.6. The van der Waals surface area contributed by atoms with Gasteiger partial charge < -0.3 is 14.4 Å². The molecule has 2 aromatic heterocycles. The highest BCUT2D eigenvalue weighted by molar-refractivity contribution is 5.42. The first-order valence-electron chi connectivity index (χ1n) is 9.66. The van der Waals surface area contributed by atoms with E-state index < -0.39 is 23.4 Å². The van der Waals surface area contributed by atoms with Gasteiger partial charge in [-0.15, -0.1) is 0 Å². The number of nitrogens with zero attached hydrogens (tertiary/aromatic N) is 4. The van der Waals surface area contributed by atoms with Crippen LogP contribution < -0.4 is 20.1 Å². The van der Waals surface area contributed by atoms with Gasteiger partial charge in [0.05, 0.1) is 6.20 Å². The average molecular weight is 450 g/mol. The van der Waals surface area contributed by atoms with E-state index in [0.717, 1.165) is 31.3 Å². The van der Waals surface area contributed by atoms with Gasteiger partial charge in [-0.25, -0.2) is 14.2 Å². The molecular formula is C21H18F4N4O3. The van der Waals surface area contributed by atoms with Gasteiger partial charge in [0, 0.05) is 26.2 Å². The minimum atomic E-state index is -4.57. The molecule has 0 fully saturated rings. The smallest absolute Gasteiger partial charge is 0.433 e. The Balaban J connectivity index is 1.43. The number of ether oxygens (including phenoxy) is 2. The number of hydrogen-bond acceptors (Lipinski definition) is 6. The number of hydrogen-bond donors (Lipinski definition) is 0. The standard InChI is InChI=1S/C21H18F4N4O3/c1-28-7-2-8-29-19(28)10-18(27-20(29)30)31-12-13-3-5-16(15(22)9-13)32-14-4-6-17(26-11-14)21(23,24)25/h3-6,9-11H,2,7-8,12H2,1H3. The zero-order chi connectivity index (χ0) is 22.9. The van der Waals surface area contributed by atoms with Crippen molar-refractivity contribution in [2.45, 2.75) is 25.7 Å². The molecule has 0 spiro atoms. The van der Waals surface area contributed by atoms with E-state index in [-0.39, 0.29) is 24.0 Å². The summed E-state index contributed by atoms with van der Waals surface area (Å²) in [4.78, 5) is 21.3. The molecule has 4 rings (SSSR count). The first-order valence-corrected chi connectivity index (χ1v) is 9.66. The van der Waals surface area contributed by atoms with Gasteiger partial charge in [0.15, 0.2) is 11.6 Å². The highest BCUT2D eigenvalue weighted by Gasteiger charge is 2.32. The summed E-state index contributed by atoms with van der Waals surface area (Å²) in [7, 11) is 1.87. The third-order valence-electron chi connectivity index (χ3n) is 4.87. The van der Waals surface area contributed by atoms with Crippen LogP contribution >= 0.6 is 0 Å².